The molecule has 0 aromatic heterocycles. The molecule has 0 bridgehead atoms. The zero-order valence-corrected chi connectivity index (χ0v) is 16.4. The first-order valence-electron chi connectivity index (χ1n) is 9.32. The van der Waals surface area contributed by atoms with Gasteiger partial charge in [-0.05, 0) is 19.3 Å². The van der Waals surface area contributed by atoms with Gasteiger partial charge in [0.2, 0.25) is 15.9 Å². The first kappa shape index (κ1) is 19.1. The highest BCUT2D eigenvalue weighted by atomic mass is 32.2. The number of likely N-dealkylation sites (tertiary alicyclic amines) is 2. The highest BCUT2D eigenvalue weighted by Crippen LogP contribution is 2.49. The maximum absolute atomic E-state index is 12.8. The molecular formula is C17H31N3O4S. The number of hydrogen-bond acceptors (Lipinski definition) is 5. The van der Waals surface area contributed by atoms with Gasteiger partial charge >= 0.3 is 0 Å². The highest BCUT2D eigenvalue weighted by Gasteiger charge is 2.60. The Hall–Kier alpha value is -0.700. The van der Waals surface area contributed by atoms with Crippen molar-refractivity contribution in [3.05, 3.63) is 0 Å². The summed E-state index contributed by atoms with van der Waals surface area (Å²) in [5.74, 6) is 0.805. The quantitative estimate of drug-likeness (QED) is 0.666. The van der Waals surface area contributed by atoms with Gasteiger partial charge in [0.15, 0.2) is 0 Å². The maximum atomic E-state index is 12.8. The van der Waals surface area contributed by atoms with E-state index in [1.807, 2.05) is 18.9 Å². The lowest BCUT2D eigenvalue weighted by Crippen LogP contribution is -2.56. The van der Waals surface area contributed by atoms with Crippen LogP contribution in [0, 0.1) is 11.8 Å². The standard InChI is InChI=1S/C17H31N3O4S/c1-4-11-25(22,23)20-7-5-17(6-8-20)15-13-19(9-10-24-3)12-14(15)16(21)18(17)2/h14-15H,4-13H2,1-3H3/t14-,15+/m1/s1. The number of carbonyl (C=O) groups is 1. The molecule has 1 amide bonds. The van der Waals surface area contributed by atoms with E-state index >= 15 is 0 Å². The van der Waals surface area contributed by atoms with E-state index in [0.717, 1.165) is 32.5 Å². The zero-order valence-electron chi connectivity index (χ0n) is 15.6. The number of nitrogens with zero attached hydrogens (tertiary/aromatic N) is 3. The number of carbonyl (C=O) groups excluding carboxylic acids is 1. The minimum Gasteiger partial charge on any atom is -0.383 e. The van der Waals surface area contributed by atoms with Crippen LogP contribution in [0.1, 0.15) is 26.2 Å². The summed E-state index contributed by atoms with van der Waals surface area (Å²) >= 11 is 0. The van der Waals surface area contributed by atoms with Crippen LogP contribution in [0.5, 0.6) is 0 Å². The Balaban J connectivity index is 1.72. The first-order valence-corrected chi connectivity index (χ1v) is 10.9. The van der Waals surface area contributed by atoms with Crippen LogP contribution in [0.4, 0.5) is 0 Å². The molecule has 3 aliphatic heterocycles. The molecule has 3 saturated heterocycles. The van der Waals surface area contributed by atoms with Crippen molar-refractivity contribution in [2.75, 3.05) is 59.2 Å². The van der Waals surface area contributed by atoms with E-state index in [4.69, 9.17) is 4.74 Å². The van der Waals surface area contributed by atoms with Crippen LogP contribution in [-0.4, -0.2) is 93.2 Å². The number of ether oxygens (including phenoxy) is 1. The van der Waals surface area contributed by atoms with Gasteiger partial charge < -0.3 is 9.64 Å². The van der Waals surface area contributed by atoms with Gasteiger partial charge in [-0.1, -0.05) is 6.92 Å². The average Bonchev–Trinajstić information content (AvgIpc) is 3.09. The summed E-state index contributed by atoms with van der Waals surface area (Å²) in [5, 5.41) is 0. The molecule has 25 heavy (non-hydrogen) atoms. The predicted molar refractivity (Wildman–Crippen MR) is 95.7 cm³/mol. The van der Waals surface area contributed by atoms with Crippen LogP contribution >= 0.6 is 0 Å². The summed E-state index contributed by atoms with van der Waals surface area (Å²) in [7, 11) is 0.459. The summed E-state index contributed by atoms with van der Waals surface area (Å²) < 4.78 is 31.5. The molecule has 0 unspecified atom stereocenters. The second kappa shape index (κ2) is 7.13. The summed E-state index contributed by atoms with van der Waals surface area (Å²) in [6.07, 6.45) is 2.14. The summed E-state index contributed by atoms with van der Waals surface area (Å²) in [6.45, 7) is 6.20. The van der Waals surface area contributed by atoms with Gasteiger partial charge in [0.1, 0.15) is 0 Å². The van der Waals surface area contributed by atoms with Gasteiger partial charge in [0, 0.05) is 58.3 Å². The number of sulfonamides is 1. The lowest BCUT2D eigenvalue weighted by atomic mass is 9.75. The molecule has 8 heteroatoms. The Morgan fingerprint density at radius 1 is 1.24 bits per heavy atom. The third kappa shape index (κ3) is 3.22. The lowest BCUT2D eigenvalue weighted by molar-refractivity contribution is -0.133. The number of fused-ring (bicyclic) bond motifs is 2. The summed E-state index contributed by atoms with van der Waals surface area (Å²) in [4.78, 5) is 17.1. The number of amides is 1. The molecule has 3 fully saturated rings. The van der Waals surface area contributed by atoms with Crippen LogP contribution in [0.15, 0.2) is 0 Å². The smallest absolute Gasteiger partial charge is 0.227 e. The Bertz CT molecular complexity index is 601. The number of hydrogen-bond donors (Lipinski definition) is 0. The van der Waals surface area contributed by atoms with E-state index < -0.39 is 10.0 Å². The van der Waals surface area contributed by atoms with Crippen molar-refractivity contribution in [1.82, 2.24) is 14.1 Å². The maximum Gasteiger partial charge on any atom is 0.227 e. The Kier molecular flexibility index (Phi) is 5.44. The zero-order chi connectivity index (χ0) is 18.2. The third-order valence-corrected chi connectivity index (χ3v) is 8.53. The fourth-order valence-electron chi connectivity index (χ4n) is 5.04. The molecule has 3 heterocycles. The second-order valence-corrected chi connectivity index (χ2v) is 9.77. The molecule has 0 aromatic carbocycles. The number of piperidine rings is 1. The van der Waals surface area contributed by atoms with Crippen molar-refractivity contribution < 1.29 is 17.9 Å². The van der Waals surface area contributed by atoms with E-state index in [0.29, 0.717) is 32.0 Å². The van der Waals surface area contributed by atoms with E-state index in [1.54, 1.807) is 11.4 Å². The summed E-state index contributed by atoms with van der Waals surface area (Å²) in [6, 6.07) is 0. The molecule has 0 radical (unpaired) electrons. The largest absolute Gasteiger partial charge is 0.383 e. The minimum absolute atomic E-state index is 0.0562. The van der Waals surface area contributed by atoms with Crippen molar-refractivity contribution >= 4 is 15.9 Å². The first-order chi connectivity index (χ1) is 11.9. The monoisotopic (exact) mass is 373 g/mol. The van der Waals surface area contributed by atoms with Crippen molar-refractivity contribution in [2.45, 2.75) is 31.7 Å². The molecule has 0 aliphatic carbocycles. The fraction of sp³-hybridized carbons (Fsp3) is 0.941. The molecule has 7 nitrogen and oxygen atoms in total. The molecule has 0 saturated carbocycles. The van der Waals surface area contributed by atoms with Crippen LogP contribution in [0.2, 0.25) is 0 Å². The van der Waals surface area contributed by atoms with Crippen molar-refractivity contribution in [1.29, 1.82) is 0 Å². The lowest BCUT2D eigenvalue weighted by Gasteiger charge is -2.46. The fourth-order valence-corrected chi connectivity index (χ4v) is 6.56. The second-order valence-electron chi connectivity index (χ2n) is 7.68. The topological polar surface area (TPSA) is 70.2 Å². The van der Waals surface area contributed by atoms with Crippen LogP contribution in [0.3, 0.4) is 0 Å². The van der Waals surface area contributed by atoms with Crippen LogP contribution < -0.4 is 0 Å². The molecule has 144 valence electrons. The molecule has 0 N–H and O–H groups in total. The van der Waals surface area contributed by atoms with E-state index in [-0.39, 0.29) is 23.1 Å². The van der Waals surface area contributed by atoms with E-state index in [2.05, 4.69) is 4.90 Å². The molecule has 0 aromatic rings. The van der Waals surface area contributed by atoms with Crippen LogP contribution in [0.25, 0.3) is 0 Å². The molecule has 1 spiro atoms. The SMILES string of the molecule is CCCS(=O)(=O)N1CCC2(CC1)[C@H]1CN(CCOC)C[C@H]1C(=O)N2C. The Labute approximate surface area is 151 Å². The van der Waals surface area contributed by atoms with Gasteiger partial charge in [0.05, 0.1) is 18.3 Å². The molecular weight excluding hydrogens is 342 g/mol. The van der Waals surface area contributed by atoms with E-state index in [1.165, 1.54) is 0 Å². The molecule has 2 atom stereocenters. The van der Waals surface area contributed by atoms with Crippen molar-refractivity contribution in [2.24, 2.45) is 11.8 Å². The normalized spacial score (nSPS) is 30.4. The number of rotatable bonds is 6. The van der Waals surface area contributed by atoms with Crippen LogP contribution in [-0.2, 0) is 19.6 Å². The highest BCUT2D eigenvalue weighted by molar-refractivity contribution is 7.89. The Morgan fingerprint density at radius 2 is 1.92 bits per heavy atom. The minimum atomic E-state index is -3.15. The van der Waals surface area contributed by atoms with Crippen molar-refractivity contribution in [3.63, 3.8) is 0 Å². The van der Waals surface area contributed by atoms with Gasteiger partial charge in [0.25, 0.3) is 0 Å². The average molecular weight is 374 g/mol. The van der Waals surface area contributed by atoms with Gasteiger partial charge in [-0.25, -0.2) is 12.7 Å². The van der Waals surface area contributed by atoms with Gasteiger partial charge in [-0.3, -0.25) is 9.69 Å². The Morgan fingerprint density at radius 3 is 2.52 bits per heavy atom. The van der Waals surface area contributed by atoms with Crippen molar-refractivity contribution in [3.8, 4) is 0 Å². The summed E-state index contributed by atoms with van der Waals surface area (Å²) in [5.41, 5.74) is -0.179. The molecule has 3 rings (SSSR count). The van der Waals surface area contributed by atoms with Gasteiger partial charge in [-0.2, -0.15) is 0 Å². The third-order valence-electron chi connectivity index (χ3n) is 6.46. The van der Waals surface area contributed by atoms with Gasteiger partial charge in [-0.15, -0.1) is 0 Å². The predicted octanol–water partition coefficient (Wildman–Crippen LogP) is 0.227. The van der Waals surface area contributed by atoms with E-state index in [9.17, 15) is 13.2 Å². The number of methoxy groups -OCH3 is 1. The molecule has 3 aliphatic rings.